The van der Waals surface area contributed by atoms with Crippen molar-refractivity contribution in [2.24, 2.45) is 5.92 Å². The van der Waals surface area contributed by atoms with Gasteiger partial charge >= 0.3 is 0 Å². The Morgan fingerprint density at radius 2 is 2.43 bits per heavy atom. The van der Waals surface area contributed by atoms with Crippen molar-refractivity contribution in [2.45, 2.75) is 45.3 Å². The lowest BCUT2D eigenvalue weighted by Crippen LogP contribution is -2.18. The molecular formula is C10H17N3O. The predicted octanol–water partition coefficient (Wildman–Crippen LogP) is 1.52. The van der Waals surface area contributed by atoms with Gasteiger partial charge in [0.05, 0.1) is 12.3 Å². The Morgan fingerprint density at radius 1 is 1.64 bits per heavy atom. The first kappa shape index (κ1) is 9.65. The van der Waals surface area contributed by atoms with E-state index in [0.717, 1.165) is 12.5 Å². The third kappa shape index (κ3) is 1.95. The zero-order valence-electron chi connectivity index (χ0n) is 8.56. The van der Waals surface area contributed by atoms with Gasteiger partial charge in [0.2, 0.25) is 0 Å². The van der Waals surface area contributed by atoms with Gasteiger partial charge in [-0.2, -0.15) is 0 Å². The van der Waals surface area contributed by atoms with Gasteiger partial charge in [-0.25, -0.2) is 0 Å². The summed E-state index contributed by atoms with van der Waals surface area (Å²) in [5.41, 5.74) is 0.701. The highest BCUT2D eigenvalue weighted by Crippen LogP contribution is 2.27. The Kier molecular flexibility index (Phi) is 2.82. The number of nitrogens with zero attached hydrogens (tertiary/aromatic N) is 3. The fourth-order valence-electron chi connectivity index (χ4n) is 1.70. The molecule has 0 bridgehead atoms. The molecule has 1 aliphatic rings. The minimum Gasteiger partial charge on any atom is -0.387 e. The second-order valence-electron chi connectivity index (χ2n) is 4.09. The zero-order chi connectivity index (χ0) is 9.97. The molecule has 0 saturated heterocycles. The number of aliphatic hydroxyl groups excluding tert-OH is 1. The average Bonchev–Trinajstić information content (AvgIpc) is 2.58. The molecule has 1 unspecified atom stereocenters. The second-order valence-corrected chi connectivity index (χ2v) is 4.09. The van der Waals surface area contributed by atoms with Gasteiger partial charge in [-0.15, -0.1) is 5.10 Å². The van der Waals surface area contributed by atoms with Crippen molar-refractivity contribution in [3.63, 3.8) is 0 Å². The van der Waals surface area contributed by atoms with Crippen LogP contribution in [0.5, 0.6) is 0 Å². The van der Waals surface area contributed by atoms with E-state index in [-0.39, 0.29) is 0 Å². The summed E-state index contributed by atoms with van der Waals surface area (Å²) in [4.78, 5) is 0. The minimum absolute atomic E-state index is 0.454. The Balaban J connectivity index is 1.94. The SMILES string of the molecule is CCC(O)c1cn(CC2CCC2)nn1. The van der Waals surface area contributed by atoms with Gasteiger partial charge in [-0.1, -0.05) is 18.6 Å². The van der Waals surface area contributed by atoms with E-state index >= 15 is 0 Å². The minimum atomic E-state index is -0.454. The Hall–Kier alpha value is -0.900. The van der Waals surface area contributed by atoms with Crippen molar-refractivity contribution in [1.29, 1.82) is 0 Å². The molecular weight excluding hydrogens is 178 g/mol. The van der Waals surface area contributed by atoms with Crippen molar-refractivity contribution >= 4 is 0 Å². The molecule has 0 aromatic carbocycles. The van der Waals surface area contributed by atoms with Gasteiger partial charge in [-0.05, 0) is 25.2 Å². The van der Waals surface area contributed by atoms with Crippen LogP contribution >= 0.6 is 0 Å². The lowest BCUT2D eigenvalue weighted by atomic mass is 9.85. The summed E-state index contributed by atoms with van der Waals surface area (Å²) >= 11 is 0. The van der Waals surface area contributed by atoms with Crippen molar-refractivity contribution in [3.05, 3.63) is 11.9 Å². The van der Waals surface area contributed by atoms with Crippen LogP contribution in [0.3, 0.4) is 0 Å². The maximum absolute atomic E-state index is 9.53. The lowest BCUT2D eigenvalue weighted by Gasteiger charge is -2.24. The van der Waals surface area contributed by atoms with Crippen LogP contribution in [0.1, 0.15) is 44.4 Å². The summed E-state index contributed by atoms with van der Waals surface area (Å²) in [6.07, 6.45) is 6.08. The highest BCUT2D eigenvalue weighted by molar-refractivity contribution is 4.96. The van der Waals surface area contributed by atoms with E-state index in [2.05, 4.69) is 10.3 Å². The summed E-state index contributed by atoms with van der Waals surface area (Å²) < 4.78 is 1.86. The molecule has 78 valence electrons. The average molecular weight is 195 g/mol. The molecule has 0 radical (unpaired) electrons. The molecule has 4 heteroatoms. The summed E-state index contributed by atoms with van der Waals surface area (Å²) in [6, 6.07) is 0. The van der Waals surface area contributed by atoms with Crippen LogP contribution in [0.15, 0.2) is 6.20 Å². The molecule has 14 heavy (non-hydrogen) atoms. The van der Waals surface area contributed by atoms with Gasteiger partial charge in [0.1, 0.15) is 5.69 Å². The van der Waals surface area contributed by atoms with Gasteiger partial charge in [-0.3, -0.25) is 4.68 Å². The lowest BCUT2D eigenvalue weighted by molar-refractivity contribution is 0.168. The fourth-order valence-corrected chi connectivity index (χ4v) is 1.70. The van der Waals surface area contributed by atoms with Crippen molar-refractivity contribution < 1.29 is 5.11 Å². The molecule has 1 aromatic rings. The highest BCUT2D eigenvalue weighted by Gasteiger charge is 2.19. The Labute approximate surface area is 83.9 Å². The molecule has 1 aromatic heterocycles. The molecule has 4 nitrogen and oxygen atoms in total. The third-order valence-corrected chi connectivity index (χ3v) is 2.95. The van der Waals surface area contributed by atoms with E-state index in [0.29, 0.717) is 12.1 Å². The molecule has 1 saturated carbocycles. The van der Waals surface area contributed by atoms with Crippen molar-refractivity contribution in [3.8, 4) is 0 Å². The van der Waals surface area contributed by atoms with Crippen LogP contribution < -0.4 is 0 Å². The first-order chi connectivity index (χ1) is 6.79. The van der Waals surface area contributed by atoms with Crippen molar-refractivity contribution in [1.82, 2.24) is 15.0 Å². The molecule has 1 N–H and O–H groups in total. The highest BCUT2D eigenvalue weighted by atomic mass is 16.3. The van der Waals surface area contributed by atoms with E-state index in [1.165, 1.54) is 19.3 Å². The molecule has 0 amide bonds. The zero-order valence-corrected chi connectivity index (χ0v) is 8.56. The van der Waals surface area contributed by atoms with Crippen molar-refractivity contribution in [2.75, 3.05) is 0 Å². The molecule has 2 rings (SSSR count). The van der Waals surface area contributed by atoms with E-state index in [1.54, 1.807) is 0 Å². The maximum atomic E-state index is 9.53. The normalized spacial score (nSPS) is 19.3. The van der Waals surface area contributed by atoms with E-state index in [1.807, 2.05) is 17.8 Å². The van der Waals surface area contributed by atoms with Gasteiger partial charge in [0, 0.05) is 6.54 Å². The summed E-state index contributed by atoms with van der Waals surface area (Å²) in [5, 5.41) is 17.5. The van der Waals surface area contributed by atoms with Gasteiger partial charge in [0.15, 0.2) is 0 Å². The number of hydrogen-bond donors (Lipinski definition) is 1. The largest absolute Gasteiger partial charge is 0.387 e. The standard InChI is InChI=1S/C10H17N3O/c1-2-10(14)9-7-13(12-11-9)6-8-4-3-5-8/h7-8,10,14H,2-6H2,1H3. The molecule has 1 heterocycles. The Bertz CT molecular complexity index is 293. The molecule has 1 atom stereocenters. The summed E-state index contributed by atoms with van der Waals surface area (Å²) in [7, 11) is 0. The van der Waals surface area contributed by atoms with Gasteiger partial charge < -0.3 is 5.11 Å². The monoisotopic (exact) mass is 195 g/mol. The molecule has 0 spiro atoms. The van der Waals surface area contributed by atoms with Crippen LogP contribution in [-0.4, -0.2) is 20.1 Å². The number of rotatable bonds is 4. The van der Waals surface area contributed by atoms with Crippen LogP contribution in [0.4, 0.5) is 0 Å². The van der Waals surface area contributed by atoms with Crippen LogP contribution in [0, 0.1) is 5.92 Å². The van der Waals surface area contributed by atoms with Gasteiger partial charge in [0.25, 0.3) is 0 Å². The van der Waals surface area contributed by atoms with E-state index < -0.39 is 6.10 Å². The quantitative estimate of drug-likeness (QED) is 0.792. The smallest absolute Gasteiger partial charge is 0.111 e. The Morgan fingerprint density at radius 3 is 3.00 bits per heavy atom. The summed E-state index contributed by atoms with van der Waals surface area (Å²) in [6.45, 7) is 2.90. The topological polar surface area (TPSA) is 50.9 Å². The van der Waals surface area contributed by atoms with E-state index in [4.69, 9.17) is 0 Å². The second kappa shape index (κ2) is 4.09. The van der Waals surface area contributed by atoms with Crippen LogP contribution in [-0.2, 0) is 6.54 Å². The predicted molar refractivity (Wildman–Crippen MR) is 52.6 cm³/mol. The third-order valence-electron chi connectivity index (χ3n) is 2.95. The molecule has 1 fully saturated rings. The van der Waals surface area contributed by atoms with E-state index in [9.17, 15) is 5.11 Å². The molecule has 1 aliphatic carbocycles. The number of aliphatic hydroxyl groups is 1. The number of hydrogen-bond acceptors (Lipinski definition) is 3. The summed E-state index contributed by atoms with van der Waals surface area (Å²) in [5.74, 6) is 0.781. The molecule has 0 aliphatic heterocycles. The maximum Gasteiger partial charge on any atom is 0.111 e. The van der Waals surface area contributed by atoms with Crippen LogP contribution in [0.2, 0.25) is 0 Å². The number of aromatic nitrogens is 3. The fraction of sp³-hybridized carbons (Fsp3) is 0.800. The van der Waals surface area contributed by atoms with Crippen LogP contribution in [0.25, 0.3) is 0 Å². The first-order valence-corrected chi connectivity index (χ1v) is 5.37. The first-order valence-electron chi connectivity index (χ1n) is 5.37.